The van der Waals surface area contributed by atoms with Crippen molar-refractivity contribution in [3.05, 3.63) is 0 Å². The predicted molar refractivity (Wildman–Crippen MR) is 113 cm³/mol. The molecule has 0 aliphatic carbocycles. The number of aliphatic hydroxyl groups excluding tert-OH is 1. The molecule has 1 saturated heterocycles. The number of nitrogens with one attached hydrogen (secondary N) is 2. The van der Waals surface area contributed by atoms with Crippen LogP contribution in [0.4, 0.5) is 0 Å². The Bertz CT molecular complexity index is 620. The van der Waals surface area contributed by atoms with Gasteiger partial charge in [-0.1, -0.05) is 0 Å². The Morgan fingerprint density at radius 3 is 2.43 bits per heavy atom. The minimum atomic E-state index is -1.51. The zero-order chi connectivity index (χ0) is 22.8. The van der Waals surface area contributed by atoms with Crippen LogP contribution >= 0.6 is 12.6 Å². The number of carbonyl (C=O) groups is 4. The number of nitrogens with zero attached hydrogens (tertiary/aromatic N) is 1. The summed E-state index contributed by atoms with van der Waals surface area (Å²) in [6.45, 7) is 2.03. The molecule has 1 heterocycles. The second-order valence-electron chi connectivity index (χ2n) is 7.39. The third-order valence-electron chi connectivity index (χ3n) is 4.98. The maximum absolute atomic E-state index is 12.8. The van der Waals surface area contributed by atoms with Crippen molar-refractivity contribution in [2.24, 2.45) is 11.5 Å². The van der Waals surface area contributed by atoms with E-state index in [9.17, 15) is 29.4 Å². The van der Waals surface area contributed by atoms with Crippen LogP contribution in [0.25, 0.3) is 0 Å². The summed E-state index contributed by atoms with van der Waals surface area (Å²) in [5, 5.41) is 23.6. The molecule has 0 aromatic rings. The fourth-order valence-corrected chi connectivity index (χ4v) is 3.42. The number of likely N-dealkylation sites (tertiary alicyclic amines) is 1. The van der Waals surface area contributed by atoms with Crippen LogP contribution in [-0.2, 0) is 19.2 Å². The Labute approximate surface area is 181 Å². The number of carboxylic acid groups (broad SMARTS) is 1. The van der Waals surface area contributed by atoms with Gasteiger partial charge in [-0.25, -0.2) is 4.79 Å². The van der Waals surface area contributed by atoms with Crippen LogP contribution in [0.5, 0.6) is 0 Å². The van der Waals surface area contributed by atoms with Crippen molar-refractivity contribution < 1.29 is 29.4 Å². The summed E-state index contributed by atoms with van der Waals surface area (Å²) in [5.41, 5.74) is 11.2. The zero-order valence-corrected chi connectivity index (χ0v) is 18.0. The van der Waals surface area contributed by atoms with Crippen LogP contribution in [0.3, 0.4) is 0 Å². The molecule has 1 aliphatic rings. The number of hydrogen-bond donors (Lipinski definition) is 7. The lowest BCUT2D eigenvalue weighted by atomic mass is 10.1. The lowest BCUT2D eigenvalue weighted by Crippen LogP contribution is -2.58. The molecule has 1 aliphatic heterocycles. The lowest BCUT2D eigenvalue weighted by Gasteiger charge is -2.28. The topological polar surface area (TPSA) is 188 Å². The molecule has 0 aromatic carbocycles. The number of aliphatic carboxylic acids is 1. The van der Waals surface area contributed by atoms with Gasteiger partial charge in [-0.3, -0.25) is 14.4 Å². The van der Waals surface area contributed by atoms with Gasteiger partial charge < -0.3 is 37.2 Å². The average molecular weight is 448 g/mol. The Hall–Kier alpha value is -1.89. The van der Waals surface area contributed by atoms with Crippen LogP contribution in [0.2, 0.25) is 0 Å². The number of amides is 3. The van der Waals surface area contributed by atoms with Crippen molar-refractivity contribution in [3.63, 3.8) is 0 Å². The summed E-state index contributed by atoms with van der Waals surface area (Å²) < 4.78 is 0. The summed E-state index contributed by atoms with van der Waals surface area (Å²) >= 11 is 4.02. The number of rotatable bonds is 12. The van der Waals surface area contributed by atoms with E-state index in [1.165, 1.54) is 11.8 Å². The smallest absolute Gasteiger partial charge is 0.328 e. The first-order valence-corrected chi connectivity index (χ1v) is 10.7. The van der Waals surface area contributed by atoms with Gasteiger partial charge in [0.1, 0.15) is 12.1 Å². The summed E-state index contributed by atoms with van der Waals surface area (Å²) in [7, 11) is 0. The van der Waals surface area contributed by atoms with Crippen LogP contribution in [-0.4, -0.2) is 87.9 Å². The largest absolute Gasteiger partial charge is 0.480 e. The van der Waals surface area contributed by atoms with Crippen LogP contribution in [0, 0.1) is 0 Å². The van der Waals surface area contributed by atoms with Gasteiger partial charge in [0.15, 0.2) is 6.04 Å². The first-order valence-electron chi connectivity index (χ1n) is 10.0. The van der Waals surface area contributed by atoms with E-state index >= 15 is 0 Å². The van der Waals surface area contributed by atoms with Gasteiger partial charge in [-0.15, -0.1) is 0 Å². The number of unbranched alkanes of at least 4 members (excludes halogenated alkanes) is 1. The highest BCUT2D eigenvalue weighted by molar-refractivity contribution is 7.80. The molecule has 1 rings (SSSR count). The third kappa shape index (κ3) is 7.42. The van der Waals surface area contributed by atoms with Gasteiger partial charge >= 0.3 is 5.97 Å². The van der Waals surface area contributed by atoms with Crippen molar-refractivity contribution in [2.75, 3.05) is 18.8 Å². The Morgan fingerprint density at radius 2 is 1.90 bits per heavy atom. The van der Waals surface area contributed by atoms with E-state index in [0.717, 1.165) is 0 Å². The second-order valence-corrected chi connectivity index (χ2v) is 7.75. The fourth-order valence-electron chi connectivity index (χ4n) is 3.27. The third-order valence-corrected chi connectivity index (χ3v) is 5.37. The van der Waals surface area contributed by atoms with E-state index in [2.05, 4.69) is 23.3 Å². The number of aliphatic hydroxyl groups is 1. The van der Waals surface area contributed by atoms with Gasteiger partial charge in [-0.05, 0) is 45.6 Å². The molecule has 3 amide bonds. The van der Waals surface area contributed by atoms with Gasteiger partial charge in [0, 0.05) is 12.3 Å². The van der Waals surface area contributed by atoms with Crippen molar-refractivity contribution in [2.45, 2.75) is 69.3 Å². The summed E-state index contributed by atoms with van der Waals surface area (Å²) in [4.78, 5) is 50.5. The Kier molecular flexibility index (Phi) is 11.1. The monoisotopic (exact) mass is 447 g/mol. The van der Waals surface area contributed by atoms with Crippen molar-refractivity contribution in [1.29, 1.82) is 0 Å². The van der Waals surface area contributed by atoms with Gasteiger partial charge in [0.05, 0.1) is 12.1 Å². The number of thiol groups is 1. The molecule has 30 heavy (non-hydrogen) atoms. The van der Waals surface area contributed by atoms with E-state index in [4.69, 9.17) is 11.5 Å². The molecule has 8 N–H and O–H groups in total. The van der Waals surface area contributed by atoms with Gasteiger partial charge in [-0.2, -0.15) is 12.6 Å². The van der Waals surface area contributed by atoms with Crippen molar-refractivity contribution in [3.8, 4) is 0 Å². The molecule has 11 nitrogen and oxygen atoms in total. The molecule has 172 valence electrons. The molecule has 5 unspecified atom stereocenters. The normalized spacial score (nSPS) is 20.2. The number of carbonyl (C=O) groups excluding carboxylic acids is 3. The van der Waals surface area contributed by atoms with Crippen LogP contribution in [0.1, 0.15) is 39.0 Å². The van der Waals surface area contributed by atoms with E-state index in [1.54, 1.807) is 0 Å². The first-order chi connectivity index (χ1) is 14.1. The fraction of sp³-hybridized carbons (Fsp3) is 0.778. The molecular weight excluding hydrogens is 414 g/mol. The van der Waals surface area contributed by atoms with Gasteiger partial charge in [0.2, 0.25) is 17.7 Å². The maximum atomic E-state index is 12.8. The average Bonchev–Trinajstić information content (AvgIpc) is 3.19. The highest BCUT2D eigenvalue weighted by Crippen LogP contribution is 2.19. The van der Waals surface area contributed by atoms with E-state index in [-0.39, 0.29) is 18.1 Å². The molecule has 0 saturated carbocycles. The Balaban J connectivity index is 2.89. The zero-order valence-electron chi connectivity index (χ0n) is 17.1. The maximum Gasteiger partial charge on any atom is 0.328 e. The van der Waals surface area contributed by atoms with Crippen LogP contribution in [0.15, 0.2) is 0 Å². The minimum Gasteiger partial charge on any atom is -0.480 e. The van der Waals surface area contributed by atoms with Crippen molar-refractivity contribution >= 4 is 36.3 Å². The first kappa shape index (κ1) is 26.1. The van der Waals surface area contributed by atoms with Gasteiger partial charge in [0.25, 0.3) is 0 Å². The lowest BCUT2D eigenvalue weighted by molar-refractivity contribution is -0.145. The molecule has 1 fully saturated rings. The molecule has 5 atom stereocenters. The molecular formula is C18H33N5O6S. The van der Waals surface area contributed by atoms with Crippen LogP contribution < -0.4 is 22.1 Å². The number of nitrogens with two attached hydrogens (primary N) is 2. The summed E-state index contributed by atoms with van der Waals surface area (Å²) in [6, 6.07) is -4.13. The molecule has 0 spiro atoms. The summed E-state index contributed by atoms with van der Waals surface area (Å²) in [5.74, 6) is -2.87. The summed E-state index contributed by atoms with van der Waals surface area (Å²) in [6.07, 6.45) is 1.10. The molecule has 0 radical (unpaired) electrons. The van der Waals surface area contributed by atoms with E-state index in [0.29, 0.717) is 38.8 Å². The number of carboxylic acids is 1. The SMILES string of the molecule is CC(O)C(NC(=O)C(CCCCN)NC(=O)C1CCCN1C(=O)C(N)CS)C(=O)O. The van der Waals surface area contributed by atoms with E-state index in [1.807, 2.05) is 0 Å². The highest BCUT2D eigenvalue weighted by atomic mass is 32.1. The standard InChI is InChI=1S/C18H33N5O6S/c1-10(24)14(18(28)29)22-15(25)12(5-2-3-7-19)21-16(26)13-6-4-8-23(13)17(27)11(20)9-30/h10-14,24,30H,2-9,19-20H2,1H3,(H,21,26)(H,22,25)(H,28,29). The van der Waals surface area contributed by atoms with E-state index < -0.39 is 48.1 Å². The minimum absolute atomic E-state index is 0.143. The van der Waals surface area contributed by atoms with Crippen molar-refractivity contribution in [1.82, 2.24) is 15.5 Å². The Morgan fingerprint density at radius 1 is 1.23 bits per heavy atom. The number of hydrogen-bond acceptors (Lipinski definition) is 8. The molecule has 12 heteroatoms. The predicted octanol–water partition coefficient (Wildman–Crippen LogP) is -2.20. The molecule has 0 aromatic heterocycles. The quantitative estimate of drug-likeness (QED) is 0.130. The second kappa shape index (κ2) is 12.7. The highest BCUT2D eigenvalue weighted by Gasteiger charge is 2.37. The molecule has 0 bridgehead atoms.